The second-order valence-electron chi connectivity index (χ2n) is 5.80. The summed E-state index contributed by atoms with van der Waals surface area (Å²) in [7, 11) is 1.61. The lowest BCUT2D eigenvalue weighted by Gasteiger charge is -2.20. The first-order valence-corrected chi connectivity index (χ1v) is 5.87. The van der Waals surface area contributed by atoms with Crippen LogP contribution in [0.3, 0.4) is 0 Å². The van der Waals surface area contributed by atoms with Crippen molar-refractivity contribution in [1.29, 1.82) is 0 Å². The Balaban J connectivity index is 2.84. The molecule has 0 radical (unpaired) electrons. The van der Waals surface area contributed by atoms with Crippen LogP contribution in [-0.4, -0.2) is 19.1 Å². The third kappa shape index (κ3) is 1.98. The van der Waals surface area contributed by atoms with E-state index in [2.05, 4.69) is 30.7 Å². The lowest BCUT2D eigenvalue weighted by Crippen LogP contribution is -2.30. The number of rotatable bonds is 1. The predicted molar refractivity (Wildman–Crippen MR) is 69.8 cm³/mol. The van der Waals surface area contributed by atoms with Gasteiger partial charge in [-0.15, -0.1) is 0 Å². The van der Waals surface area contributed by atoms with Gasteiger partial charge in [0.25, 0.3) is 5.56 Å². The van der Waals surface area contributed by atoms with Crippen LogP contribution in [0.15, 0.2) is 9.59 Å². The summed E-state index contributed by atoms with van der Waals surface area (Å²) in [4.78, 5) is 30.1. The first-order valence-electron chi connectivity index (χ1n) is 5.87. The molecule has 0 aliphatic carbocycles. The van der Waals surface area contributed by atoms with E-state index in [4.69, 9.17) is 0 Å². The monoisotopic (exact) mass is 250 g/mol. The molecule has 98 valence electrons. The minimum atomic E-state index is -0.437. The number of aromatic amines is 1. The van der Waals surface area contributed by atoms with Gasteiger partial charge in [-0.25, -0.2) is 9.78 Å². The molecular formula is C12H18N4O2. The molecule has 0 unspecified atom stereocenters. The Morgan fingerprint density at radius 2 is 1.89 bits per heavy atom. The zero-order chi connectivity index (χ0) is 13.7. The second kappa shape index (κ2) is 3.83. The Kier molecular flexibility index (Phi) is 2.68. The minimum absolute atomic E-state index is 0.0273. The summed E-state index contributed by atoms with van der Waals surface area (Å²) in [5, 5.41) is 0. The number of hydrogen-bond acceptors (Lipinski definition) is 3. The summed E-state index contributed by atoms with van der Waals surface area (Å²) in [6, 6.07) is 0. The van der Waals surface area contributed by atoms with Gasteiger partial charge in [0.1, 0.15) is 5.82 Å². The van der Waals surface area contributed by atoms with Gasteiger partial charge in [0, 0.05) is 13.6 Å². The number of aryl methyl sites for hydroxylation is 2. The van der Waals surface area contributed by atoms with E-state index in [0.29, 0.717) is 17.7 Å². The van der Waals surface area contributed by atoms with Gasteiger partial charge in [0.2, 0.25) is 0 Å². The van der Waals surface area contributed by atoms with Crippen molar-refractivity contribution in [2.45, 2.75) is 34.2 Å². The molecule has 1 N–H and O–H groups in total. The molecule has 0 amide bonds. The van der Waals surface area contributed by atoms with Crippen LogP contribution in [0, 0.1) is 12.3 Å². The molecule has 0 saturated carbocycles. The van der Waals surface area contributed by atoms with Crippen LogP contribution in [0.1, 0.15) is 26.6 Å². The molecule has 2 aromatic rings. The second-order valence-corrected chi connectivity index (χ2v) is 5.80. The number of nitrogens with zero attached hydrogens (tertiary/aromatic N) is 3. The number of H-pyrrole nitrogens is 1. The van der Waals surface area contributed by atoms with Crippen LogP contribution >= 0.6 is 0 Å². The first-order chi connectivity index (χ1) is 8.20. The number of imidazole rings is 1. The van der Waals surface area contributed by atoms with Gasteiger partial charge in [-0.3, -0.25) is 14.3 Å². The Morgan fingerprint density at radius 1 is 1.28 bits per heavy atom. The summed E-state index contributed by atoms with van der Waals surface area (Å²) in [5.74, 6) is 0.742. The summed E-state index contributed by atoms with van der Waals surface area (Å²) in [6.45, 7) is 8.80. The van der Waals surface area contributed by atoms with Crippen molar-refractivity contribution in [3.63, 3.8) is 0 Å². The summed E-state index contributed by atoms with van der Waals surface area (Å²) in [5.41, 5.74) is 0.111. The Labute approximate surface area is 104 Å². The van der Waals surface area contributed by atoms with Crippen molar-refractivity contribution in [3.8, 4) is 0 Å². The molecule has 0 saturated heterocycles. The summed E-state index contributed by atoms with van der Waals surface area (Å²) < 4.78 is 3.23. The fourth-order valence-electron chi connectivity index (χ4n) is 2.01. The van der Waals surface area contributed by atoms with Crippen LogP contribution in [0.25, 0.3) is 11.2 Å². The van der Waals surface area contributed by atoms with Gasteiger partial charge in [-0.2, -0.15) is 0 Å². The van der Waals surface area contributed by atoms with Crippen LogP contribution in [-0.2, 0) is 13.6 Å². The molecule has 6 heteroatoms. The first kappa shape index (κ1) is 12.6. The van der Waals surface area contributed by atoms with Gasteiger partial charge in [-0.1, -0.05) is 20.8 Å². The molecule has 0 fully saturated rings. The Hall–Kier alpha value is -1.85. The highest BCUT2D eigenvalue weighted by atomic mass is 16.2. The van der Waals surface area contributed by atoms with Crippen molar-refractivity contribution in [2.75, 3.05) is 0 Å². The van der Waals surface area contributed by atoms with E-state index in [9.17, 15) is 9.59 Å². The summed E-state index contributed by atoms with van der Waals surface area (Å²) in [6.07, 6.45) is 0. The van der Waals surface area contributed by atoms with Crippen molar-refractivity contribution >= 4 is 11.2 Å². The third-order valence-corrected chi connectivity index (χ3v) is 2.83. The third-order valence-electron chi connectivity index (χ3n) is 2.83. The molecule has 18 heavy (non-hydrogen) atoms. The largest absolute Gasteiger partial charge is 0.329 e. The molecule has 2 rings (SSSR count). The molecule has 0 aliphatic heterocycles. The predicted octanol–water partition coefficient (Wildman–Crippen LogP) is 0.778. The minimum Gasteiger partial charge on any atom is -0.322 e. The highest BCUT2D eigenvalue weighted by Crippen LogP contribution is 2.20. The molecule has 0 bridgehead atoms. The van der Waals surface area contributed by atoms with Crippen LogP contribution in [0.5, 0.6) is 0 Å². The normalized spacial score (nSPS) is 12.3. The van der Waals surface area contributed by atoms with E-state index >= 15 is 0 Å². The zero-order valence-electron chi connectivity index (χ0n) is 11.4. The van der Waals surface area contributed by atoms with Crippen molar-refractivity contribution in [2.24, 2.45) is 12.5 Å². The SMILES string of the molecule is Cc1nc2c(c(=O)[nH]c(=O)n2C)n1CC(C)(C)C. The van der Waals surface area contributed by atoms with Gasteiger partial charge in [-0.05, 0) is 12.3 Å². The maximum absolute atomic E-state index is 11.9. The number of nitrogens with one attached hydrogen (secondary N) is 1. The highest BCUT2D eigenvalue weighted by Gasteiger charge is 2.19. The maximum Gasteiger partial charge on any atom is 0.329 e. The van der Waals surface area contributed by atoms with Gasteiger partial charge in [0.05, 0.1) is 0 Å². The Morgan fingerprint density at radius 3 is 2.44 bits per heavy atom. The average molecular weight is 250 g/mol. The van der Waals surface area contributed by atoms with E-state index in [1.54, 1.807) is 7.05 Å². The lowest BCUT2D eigenvalue weighted by atomic mass is 9.97. The smallest absolute Gasteiger partial charge is 0.322 e. The average Bonchev–Trinajstić information content (AvgIpc) is 2.51. The van der Waals surface area contributed by atoms with Gasteiger partial charge in [0.15, 0.2) is 11.2 Å². The van der Waals surface area contributed by atoms with Crippen LogP contribution < -0.4 is 11.2 Å². The molecule has 2 heterocycles. The molecule has 0 atom stereocenters. The van der Waals surface area contributed by atoms with Crippen molar-refractivity contribution < 1.29 is 0 Å². The van der Waals surface area contributed by atoms with Gasteiger partial charge >= 0.3 is 5.69 Å². The van der Waals surface area contributed by atoms with E-state index in [1.807, 2.05) is 11.5 Å². The number of hydrogen-bond donors (Lipinski definition) is 1. The van der Waals surface area contributed by atoms with Crippen LogP contribution in [0.4, 0.5) is 0 Å². The fourth-order valence-corrected chi connectivity index (χ4v) is 2.01. The fraction of sp³-hybridized carbons (Fsp3) is 0.583. The Bertz CT molecular complexity index is 712. The molecule has 0 aliphatic rings. The lowest BCUT2D eigenvalue weighted by molar-refractivity contribution is 0.344. The van der Waals surface area contributed by atoms with Crippen molar-refractivity contribution in [3.05, 3.63) is 26.7 Å². The quantitative estimate of drug-likeness (QED) is 0.812. The standard InChI is InChI=1S/C12H18N4O2/c1-7-13-9-8(16(7)6-12(2,3)4)10(17)14-11(18)15(9)5/h6H2,1-5H3,(H,14,17,18). The summed E-state index contributed by atoms with van der Waals surface area (Å²) >= 11 is 0. The molecular weight excluding hydrogens is 232 g/mol. The topological polar surface area (TPSA) is 72.7 Å². The van der Waals surface area contributed by atoms with Crippen LogP contribution in [0.2, 0.25) is 0 Å². The van der Waals surface area contributed by atoms with E-state index in [1.165, 1.54) is 4.57 Å². The van der Waals surface area contributed by atoms with E-state index in [-0.39, 0.29) is 11.0 Å². The van der Waals surface area contributed by atoms with Gasteiger partial charge < -0.3 is 4.57 Å². The van der Waals surface area contributed by atoms with E-state index in [0.717, 1.165) is 5.82 Å². The zero-order valence-corrected chi connectivity index (χ0v) is 11.4. The molecule has 6 nitrogen and oxygen atoms in total. The highest BCUT2D eigenvalue weighted by molar-refractivity contribution is 5.70. The maximum atomic E-state index is 11.9. The molecule has 0 aromatic carbocycles. The number of aromatic nitrogens is 4. The molecule has 0 spiro atoms. The van der Waals surface area contributed by atoms with E-state index < -0.39 is 5.69 Å². The number of fused-ring (bicyclic) bond motifs is 1. The molecule has 2 aromatic heterocycles. The van der Waals surface area contributed by atoms with Crippen molar-refractivity contribution in [1.82, 2.24) is 19.1 Å².